The molecule has 0 amide bonds. The lowest BCUT2D eigenvalue weighted by molar-refractivity contribution is 0.0711. The molecule has 1 heterocycles. The highest BCUT2D eigenvalue weighted by Gasteiger charge is 2.42. The van der Waals surface area contributed by atoms with Crippen LogP contribution in [0.25, 0.3) is 0 Å². The molecule has 3 N–H and O–H groups in total. The number of benzene rings is 1. The van der Waals surface area contributed by atoms with Crippen molar-refractivity contribution in [2.45, 2.75) is 38.7 Å². The van der Waals surface area contributed by atoms with Crippen LogP contribution in [0.5, 0.6) is 0 Å². The number of hydrogen-bond acceptors (Lipinski definition) is 3. The molecule has 0 aliphatic heterocycles. The average Bonchev–Trinajstić information content (AvgIpc) is 3.16. The number of hydrogen-bond donors (Lipinski definition) is 3. The normalized spacial score (nSPS) is 17.5. The number of guanidine groups is 1. The van der Waals surface area contributed by atoms with E-state index in [1.165, 1.54) is 18.4 Å². The van der Waals surface area contributed by atoms with Gasteiger partial charge in [0.1, 0.15) is 5.60 Å². The van der Waals surface area contributed by atoms with Crippen LogP contribution in [-0.2, 0) is 12.0 Å². The lowest BCUT2D eigenvalue weighted by Crippen LogP contribution is -2.41. The van der Waals surface area contributed by atoms with E-state index < -0.39 is 5.60 Å². The number of aliphatic imine (C=N–C) groups is 1. The maximum Gasteiger partial charge on any atom is 0.191 e. The fourth-order valence-electron chi connectivity index (χ4n) is 3.13. The van der Waals surface area contributed by atoms with Crippen LogP contribution in [0.15, 0.2) is 52.8 Å². The standard InChI is InChI=1S/C21H29N3OS.HI/c1-3-22-19(23-15-20(2,25)18-10-7-13-26-18)24-16-21(11-12-21)14-17-8-5-4-6-9-17;/h4-10,13,25H,3,11-12,14-16H2,1-2H3,(H2,22,23,24);1H. The Labute approximate surface area is 183 Å². The molecule has 1 saturated carbocycles. The molecule has 1 unspecified atom stereocenters. The third kappa shape index (κ3) is 6.47. The highest BCUT2D eigenvalue weighted by atomic mass is 127. The zero-order valence-corrected chi connectivity index (χ0v) is 19.2. The van der Waals surface area contributed by atoms with Crippen LogP contribution in [-0.4, -0.2) is 30.7 Å². The highest BCUT2D eigenvalue weighted by Crippen LogP contribution is 2.47. The van der Waals surface area contributed by atoms with Gasteiger partial charge in [-0.05, 0) is 55.5 Å². The second kappa shape index (κ2) is 9.89. The third-order valence-corrected chi connectivity index (χ3v) is 6.07. The summed E-state index contributed by atoms with van der Waals surface area (Å²) in [5.41, 5.74) is 0.806. The van der Waals surface area contributed by atoms with Gasteiger partial charge >= 0.3 is 0 Å². The monoisotopic (exact) mass is 499 g/mol. The van der Waals surface area contributed by atoms with E-state index in [1.54, 1.807) is 11.3 Å². The van der Waals surface area contributed by atoms with Crippen LogP contribution in [0.3, 0.4) is 0 Å². The fraction of sp³-hybridized carbons (Fsp3) is 0.476. The van der Waals surface area contributed by atoms with Gasteiger partial charge in [-0.3, -0.25) is 0 Å². The van der Waals surface area contributed by atoms with E-state index in [4.69, 9.17) is 0 Å². The number of nitrogens with one attached hydrogen (secondary N) is 2. The van der Waals surface area contributed by atoms with Gasteiger partial charge in [0.25, 0.3) is 0 Å². The number of aliphatic hydroxyl groups is 1. The molecule has 1 aromatic carbocycles. The quantitative estimate of drug-likeness (QED) is 0.291. The summed E-state index contributed by atoms with van der Waals surface area (Å²) in [6.45, 7) is 5.94. The van der Waals surface area contributed by atoms with Crippen LogP contribution in [0.1, 0.15) is 37.1 Å². The van der Waals surface area contributed by atoms with E-state index in [-0.39, 0.29) is 24.0 Å². The average molecular weight is 499 g/mol. The van der Waals surface area contributed by atoms with Gasteiger partial charge in [0.05, 0.1) is 6.54 Å². The SMILES string of the molecule is CCNC(=NCC(C)(O)c1cccs1)NCC1(Cc2ccccc2)CC1.I. The van der Waals surface area contributed by atoms with Crippen molar-refractivity contribution in [3.8, 4) is 0 Å². The molecular formula is C21H30IN3OS. The van der Waals surface area contributed by atoms with Crippen molar-refractivity contribution in [1.29, 1.82) is 0 Å². The second-order valence-electron chi connectivity index (χ2n) is 7.46. The predicted molar refractivity (Wildman–Crippen MR) is 125 cm³/mol. The third-order valence-electron chi connectivity index (χ3n) is 4.95. The first-order valence-electron chi connectivity index (χ1n) is 9.35. The number of halogens is 1. The predicted octanol–water partition coefficient (Wildman–Crippen LogP) is 4.15. The van der Waals surface area contributed by atoms with Crippen molar-refractivity contribution in [3.63, 3.8) is 0 Å². The first-order valence-corrected chi connectivity index (χ1v) is 10.2. The van der Waals surface area contributed by atoms with Crippen LogP contribution in [0, 0.1) is 5.41 Å². The first-order chi connectivity index (χ1) is 12.5. The molecule has 1 atom stereocenters. The van der Waals surface area contributed by atoms with Crippen LogP contribution in [0.2, 0.25) is 0 Å². The van der Waals surface area contributed by atoms with Gasteiger partial charge in [-0.25, -0.2) is 4.99 Å². The first kappa shape index (κ1) is 22.2. The summed E-state index contributed by atoms with van der Waals surface area (Å²) in [6.07, 6.45) is 3.61. The summed E-state index contributed by atoms with van der Waals surface area (Å²) >= 11 is 1.56. The molecule has 0 saturated heterocycles. The zero-order chi connectivity index (χ0) is 18.5. The Hall–Kier alpha value is -1.12. The minimum atomic E-state index is -0.933. The Morgan fingerprint density at radius 1 is 1.19 bits per heavy atom. The molecule has 4 nitrogen and oxygen atoms in total. The molecule has 2 aromatic rings. The fourth-order valence-corrected chi connectivity index (χ4v) is 3.91. The van der Waals surface area contributed by atoms with Crippen LogP contribution in [0.4, 0.5) is 0 Å². The van der Waals surface area contributed by atoms with Gasteiger partial charge in [-0.15, -0.1) is 35.3 Å². The van der Waals surface area contributed by atoms with Gasteiger partial charge in [0.15, 0.2) is 5.96 Å². The van der Waals surface area contributed by atoms with Gasteiger partial charge in [-0.2, -0.15) is 0 Å². The molecule has 1 fully saturated rings. The van der Waals surface area contributed by atoms with E-state index >= 15 is 0 Å². The molecule has 1 aromatic heterocycles. The Bertz CT molecular complexity index is 712. The Balaban J connectivity index is 0.00000261. The molecule has 0 radical (unpaired) electrons. The summed E-state index contributed by atoms with van der Waals surface area (Å²) in [6, 6.07) is 14.6. The molecule has 27 heavy (non-hydrogen) atoms. The smallest absolute Gasteiger partial charge is 0.191 e. The molecule has 0 bridgehead atoms. The Morgan fingerprint density at radius 3 is 2.52 bits per heavy atom. The minimum Gasteiger partial charge on any atom is -0.383 e. The summed E-state index contributed by atoms with van der Waals surface area (Å²) in [5.74, 6) is 0.781. The van der Waals surface area contributed by atoms with Crippen LogP contribution < -0.4 is 10.6 Å². The van der Waals surface area contributed by atoms with Crippen LogP contribution >= 0.6 is 35.3 Å². The molecule has 148 valence electrons. The maximum absolute atomic E-state index is 10.7. The molecular weight excluding hydrogens is 469 g/mol. The van der Waals surface area contributed by atoms with E-state index in [2.05, 4.69) is 52.9 Å². The molecule has 1 aliphatic carbocycles. The second-order valence-corrected chi connectivity index (χ2v) is 8.41. The van der Waals surface area contributed by atoms with E-state index in [9.17, 15) is 5.11 Å². The molecule has 6 heteroatoms. The van der Waals surface area contributed by atoms with Gasteiger partial charge < -0.3 is 15.7 Å². The van der Waals surface area contributed by atoms with E-state index in [0.29, 0.717) is 12.0 Å². The Morgan fingerprint density at radius 2 is 1.93 bits per heavy atom. The lowest BCUT2D eigenvalue weighted by Gasteiger charge is -2.22. The summed E-state index contributed by atoms with van der Waals surface area (Å²) in [5, 5.41) is 19.4. The van der Waals surface area contributed by atoms with Crippen molar-refractivity contribution in [2.24, 2.45) is 10.4 Å². The maximum atomic E-state index is 10.7. The van der Waals surface area contributed by atoms with Gasteiger partial charge in [-0.1, -0.05) is 36.4 Å². The van der Waals surface area contributed by atoms with Gasteiger partial charge in [0.2, 0.25) is 0 Å². The number of nitrogens with zero attached hydrogens (tertiary/aromatic N) is 1. The highest BCUT2D eigenvalue weighted by molar-refractivity contribution is 14.0. The topological polar surface area (TPSA) is 56.7 Å². The largest absolute Gasteiger partial charge is 0.383 e. The molecule has 3 rings (SSSR count). The van der Waals surface area contributed by atoms with Crippen molar-refractivity contribution < 1.29 is 5.11 Å². The minimum absolute atomic E-state index is 0. The molecule has 0 spiro atoms. The summed E-state index contributed by atoms with van der Waals surface area (Å²) in [4.78, 5) is 5.57. The number of thiophene rings is 1. The summed E-state index contributed by atoms with van der Waals surface area (Å²) in [7, 11) is 0. The van der Waals surface area contributed by atoms with E-state index in [1.807, 2.05) is 24.4 Å². The van der Waals surface area contributed by atoms with Crippen molar-refractivity contribution >= 4 is 41.3 Å². The van der Waals surface area contributed by atoms with E-state index in [0.717, 1.165) is 30.3 Å². The van der Waals surface area contributed by atoms with Crippen molar-refractivity contribution in [2.75, 3.05) is 19.6 Å². The van der Waals surface area contributed by atoms with Crippen molar-refractivity contribution in [3.05, 3.63) is 58.3 Å². The number of rotatable bonds is 8. The Kier molecular flexibility index (Phi) is 8.12. The zero-order valence-electron chi connectivity index (χ0n) is 16.1. The lowest BCUT2D eigenvalue weighted by atomic mass is 9.96. The molecule has 1 aliphatic rings. The van der Waals surface area contributed by atoms with Crippen molar-refractivity contribution in [1.82, 2.24) is 10.6 Å². The summed E-state index contributed by atoms with van der Waals surface area (Å²) < 4.78 is 0. The van der Waals surface area contributed by atoms with Gasteiger partial charge in [0, 0.05) is 18.0 Å².